The predicted octanol–water partition coefficient (Wildman–Crippen LogP) is 3.98. The van der Waals surface area contributed by atoms with Crippen molar-refractivity contribution in [3.63, 3.8) is 0 Å². The molecule has 0 atom stereocenters. The molecule has 0 bridgehead atoms. The second-order valence-corrected chi connectivity index (χ2v) is 5.47. The SMILES string of the molecule is CCCNCc1coc(CN(C)c2ccc(CC)cc2)c1. The molecule has 114 valence electrons. The van der Waals surface area contributed by atoms with E-state index in [9.17, 15) is 0 Å². The summed E-state index contributed by atoms with van der Waals surface area (Å²) in [6, 6.07) is 10.9. The molecule has 0 amide bonds. The van der Waals surface area contributed by atoms with E-state index < -0.39 is 0 Å². The van der Waals surface area contributed by atoms with Crippen LogP contribution in [-0.2, 0) is 19.5 Å². The molecule has 21 heavy (non-hydrogen) atoms. The molecule has 0 saturated carbocycles. The van der Waals surface area contributed by atoms with Crippen LogP contribution in [0, 0.1) is 0 Å². The Morgan fingerprint density at radius 3 is 2.52 bits per heavy atom. The molecule has 1 aromatic heterocycles. The van der Waals surface area contributed by atoms with E-state index in [0.29, 0.717) is 0 Å². The van der Waals surface area contributed by atoms with Gasteiger partial charge in [0, 0.05) is 24.8 Å². The molecule has 1 aromatic carbocycles. The van der Waals surface area contributed by atoms with Gasteiger partial charge in [0.2, 0.25) is 0 Å². The lowest BCUT2D eigenvalue weighted by molar-refractivity contribution is 0.504. The fourth-order valence-electron chi connectivity index (χ4n) is 2.32. The van der Waals surface area contributed by atoms with Gasteiger partial charge in [-0.15, -0.1) is 0 Å². The van der Waals surface area contributed by atoms with Crippen molar-refractivity contribution in [2.24, 2.45) is 0 Å². The van der Waals surface area contributed by atoms with Crippen molar-refractivity contribution in [3.05, 3.63) is 53.5 Å². The van der Waals surface area contributed by atoms with Gasteiger partial charge in [-0.25, -0.2) is 0 Å². The van der Waals surface area contributed by atoms with Crippen molar-refractivity contribution in [1.29, 1.82) is 0 Å². The summed E-state index contributed by atoms with van der Waals surface area (Å²) in [5.41, 5.74) is 3.80. The standard InChI is InChI=1S/C18H26N2O/c1-4-10-19-12-16-11-18(21-14-16)13-20(3)17-8-6-15(5-2)7-9-17/h6-9,11,14,19H,4-5,10,12-13H2,1-3H3. The van der Waals surface area contributed by atoms with Crippen LogP contribution in [0.1, 0.15) is 37.2 Å². The summed E-state index contributed by atoms with van der Waals surface area (Å²) in [6.45, 7) is 7.07. The van der Waals surface area contributed by atoms with Gasteiger partial charge in [-0.05, 0) is 43.1 Å². The average molecular weight is 286 g/mol. The molecule has 0 unspecified atom stereocenters. The summed E-state index contributed by atoms with van der Waals surface area (Å²) in [5, 5.41) is 3.39. The maximum atomic E-state index is 5.65. The summed E-state index contributed by atoms with van der Waals surface area (Å²) in [5.74, 6) is 1.00. The lowest BCUT2D eigenvalue weighted by Gasteiger charge is -2.18. The highest BCUT2D eigenvalue weighted by Crippen LogP contribution is 2.18. The highest BCUT2D eigenvalue weighted by molar-refractivity contribution is 5.47. The van der Waals surface area contributed by atoms with Crippen molar-refractivity contribution in [2.45, 2.75) is 39.8 Å². The first-order chi connectivity index (χ1) is 10.2. The van der Waals surface area contributed by atoms with E-state index in [4.69, 9.17) is 4.42 Å². The lowest BCUT2D eigenvalue weighted by Crippen LogP contribution is -2.16. The van der Waals surface area contributed by atoms with Crippen LogP contribution in [0.3, 0.4) is 0 Å². The largest absolute Gasteiger partial charge is 0.467 e. The Balaban J connectivity index is 1.90. The molecule has 1 N–H and O–H groups in total. The van der Waals surface area contributed by atoms with E-state index in [1.165, 1.54) is 16.8 Å². The highest BCUT2D eigenvalue weighted by atomic mass is 16.3. The summed E-state index contributed by atoms with van der Waals surface area (Å²) in [4.78, 5) is 2.21. The highest BCUT2D eigenvalue weighted by Gasteiger charge is 2.06. The van der Waals surface area contributed by atoms with Gasteiger partial charge in [0.05, 0.1) is 12.8 Å². The van der Waals surface area contributed by atoms with Gasteiger partial charge in [-0.1, -0.05) is 26.0 Å². The molecule has 0 aliphatic rings. The van der Waals surface area contributed by atoms with E-state index in [-0.39, 0.29) is 0 Å². The Bertz CT molecular complexity index is 530. The second-order valence-electron chi connectivity index (χ2n) is 5.47. The summed E-state index contributed by atoms with van der Waals surface area (Å²) in [7, 11) is 2.10. The minimum atomic E-state index is 0.791. The van der Waals surface area contributed by atoms with Crippen LogP contribution in [0.5, 0.6) is 0 Å². The Hall–Kier alpha value is -1.74. The zero-order chi connectivity index (χ0) is 15.1. The van der Waals surface area contributed by atoms with E-state index in [1.807, 2.05) is 6.26 Å². The van der Waals surface area contributed by atoms with Gasteiger partial charge in [-0.2, -0.15) is 0 Å². The summed E-state index contributed by atoms with van der Waals surface area (Å²) in [6.07, 6.45) is 4.09. The number of rotatable bonds is 8. The minimum absolute atomic E-state index is 0.791. The van der Waals surface area contributed by atoms with Gasteiger partial charge >= 0.3 is 0 Å². The third-order valence-corrected chi connectivity index (χ3v) is 3.64. The van der Waals surface area contributed by atoms with Crippen LogP contribution < -0.4 is 10.2 Å². The van der Waals surface area contributed by atoms with E-state index >= 15 is 0 Å². The van der Waals surface area contributed by atoms with Gasteiger partial charge in [0.25, 0.3) is 0 Å². The maximum Gasteiger partial charge on any atom is 0.123 e. The fourth-order valence-corrected chi connectivity index (χ4v) is 2.32. The number of anilines is 1. The summed E-state index contributed by atoms with van der Waals surface area (Å²) >= 11 is 0. The van der Waals surface area contributed by atoms with Gasteiger partial charge in [0.1, 0.15) is 5.76 Å². The van der Waals surface area contributed by atoms with E-state index in [2.05, 4.69) is 61.4 Å². The van der Waals surface area contributed by atoms with Crippen LogP contribution >= 0.6 is 0 Å². The first kappa shape index (κ1) is 15.6. The van der Waals surface area contributed by atoms with Crippen LogP contribution in [-0.4, -0.2) is 13.6 Å². The monoisotopic (exact) mass is 286 g/mol. The van der Waals surface area contributed by atoms with Crippen LogP contribution in [0.25, 0.3) is 0 Å². The topological polar surface area (TPSA) is 28.4 Å². The van der Waals surface area contributed by atoms with Gasteiger partial charge in [-0.3, -0.25) is 0 Å². The van der Waals surface area contributed by atoms with Crippen molar-refractivity contribution >= 4 is 5.69 Å². The maximum absolute atomic E-state index is 5.65. The molecule has 3 heteroatoms. The van der Waals surface area contributed by atoms with Crippen molar-refractivity contribution in [1.82, 2.24) is 5.32 Å². The second kappa shape index (κ2) is 7.89. The number of furan rings is 1. The molecule has 0 fully saturated rings. The van der Waals surface area contributed by atoms with Crippen molar-refractivity contribution in [3.8, 4) is 0 Å². The molecule has 0 spiro atoms. The number of hydrogen-bond acceptors (Lipinski definition) is 3. The lowest BCUT2D eigenvalue weighted by atomic mass is 10.1. The molecule has 0 radical (unpaired) electrons. The Morgan fingerprint density at radius 2 is 1.86 bits per heavy atom. The molecule has 0 aliphatic heterocycles. The Morgan fingerprint density at radius 1 is 1.10 bits per heavy atom. The van der Waals surface area contributed by atoms with E-state index in [0.717, 1.165) is 38.2 Å². The smallest absolute Gasteiger partial charge is 0.123 e. The number of nitrogens with zero attached hydrogens (tertiary/aromatic N) is 1. The zero-order valence-corrected chi connectivity index (χ0v) is 13.4. The normalized spacial score (nSPS) is 10.8. The quantitative estimate of drug-likeness (QED) is 0.744. The first-order valence-electron chi connectivity index (χ1n) is 7.80. The van der Waals surface area contributed by atoms with Crippen LogP contribution in [0.4, 0.5) is 5.69 Å². The zero-order valence-electron chi connectivity index (χ0n) is 13.4. The predicted molar refractivity (Wildman–Crippen MR) is 88.6 cm³/mol. The third kappa shape index (κ3) is 4.64. The van der Waals surface area contributed by atoms with Crippen LogP contribution in [0.2, 0.25) is 0 Å². The number of nitrogens with one attached hydrogen (secondary N) is 1. The van der Waals surface area contributed by atoms with Gasteiger partial charge in [0.15, 0.2) is 0 Å². The molecule has 2 rings (SSSR count). The third-order valence-electron chi connectivity index (χ3n) is 3.64. The number of benzene rings is 1. The molecular formula is C18H26N2O. The first-order valence-corrected chi connectivity index (χ1v) is 7.80. The van der Waals surface area contributed by atoms with Crippen LogP contribution in [0.15, 0.2) is 41.0 Å². The minimum Gasteiger partial charge on any atom is -0.467 e. The molecule has 3 nitrogen and oxygen atoms in total. The van der Waals surface area contributed by atoms with Gasteiger partial charge < -0.3 is 14.6 Å². The average Bonchev–Trinajstić information content (AvgIpc) is 2.95. The van der Waals surface area contributed by atoms with Crippen molar-refractivity contribution < 1.29 is 4.42 Å². The Labute approximate surface area is 128 Å². The van der Waals surface area contributed by atoms with E-state index in [1.54, 1.807) is 0 Å². The number of hydrogen-bond donors (Lipinski definition) is 1. The molecule has 0 saturated heterocycles. The fraction of sp³-hybridized carbons (Fsp3) is 0.444. The Kier molecular flexibility index (Phi) is 5.88. The summed E-state index contributed by atoms with van der Waals surface area (Å²) < 4.78 is 5.65. The van der Waals surface area contributed by atoms with Crippen molar-refractivity contribution in [2.75, 3.05) is 18.5 Å². The number of aryl methyl sites for hydroxylation is 1. The molecule has 1 heterocycles. The molecule has 0 aliphatic carbocycles. The molecular weight excluding hydrogens is 260 g/mol. The molecule has 2 aromatic rings.